The summed E-state index contributed by atoms with van der Waals surface area (Å²) in [5.41, 5.74) is 6.54. The zero-order valence-corrected chi connectivity index (χ0v) is 15.3. The topological polar surface area (TPSA) is 99.7 Å². The number of nitrogens with zero attached hydrogens (tertiary/aromatic N) is 1. The number of amides is 1. The molecule has 1 heterocycles. The quantitative estimate of drug-likeness (QED) is 0.447. The second-order valence-corrected chi connectivity index (χ2v) is 6.68. The predicted octanol–water partition coefficient (Wildman–Crippen LogP) is 1.81. The molecule has 0 aliphatic carbocycles. The summed E-state index contributed by atoms with van der Waals surface area (Å²) in [5.74, 6) is 0.144. The molecule has 1 atom stereocenters. The van der Waals surface area contributed by atoms with Gasteiger partial charge in [0.1, 0.15) is 5.60 Å². The molecule has 0 spiro atoms. The van der Waals surface area contributed by atoms with Gasteiger partial charge in [-0.25, -0.2) is 4.99 Å². The molecule has 2 rings (SSSR count). The first-order chi connectivity index (χ1) is 11.9. The standard InChI is InChI=1S/C18H24N4O2S/c1-3-20-17(22-12-18(2,24)15-7-8-25-11-15)21-10-13-5-4-6-14(9-13)16(19)23/h4-9,11,24H,3,10,12H2,1-2H3,(H2,19,23)(H2,20,21,22). The van der Waals surface area contributed by atoms with Crippen LogP contribution in [0.25, 0.3) is 0 Å². The highest BCUT2D eigenvalue weighted by Crippen LogP contribution is 2.21. The summed E-state index contributed by atoms with van der Waals surface area (Å²) in [4.78, 5) is 15.8. The number of nitrogens with two attached hydrogens (primary N) is 1. The molecule has 5 N–H and O–H groups in total. The summed E-state index contributed by atoms with van der Waals surface area (Å²) in [5, 5.41) is 20.8. The first kappa shape index (κ1) is 19.0. The minimum atomic E-state index is -0.984. The second-order valence-electron chi connectivity index (χ2n) is 5.90. The van der Waals surface area contributed by atoms with Crippen molar-refractivity contribution in [1.29, 1.82) is 0 Å². The lowest BCUT2D eigenvalue weighted by atomic mass is 9.99. The number of guanidine groups is 1. The third-order valence-electron chi connectivity index (χ3n) is 3.72. The van der Waals surface area contributed by atoms with E-state index in [1.807, 2.05) is 29.8 Å². The molecule has 0 bridgehead atoms. The van der Waals surface area contributed by atoms with Crippen molar-refractivity contribution in [3.8, 4) is 0 Å². The van der Waals surface area contributed by atoms with E-state index in [4.69, 9.17) is 5.73 Å². The predicted molar refractivity (Wildman–Crippen MR) is 102 cm³/mol. The molecule has 134 valence electrons. The van der Waals surface area contributed by atoms with Crippen LogP contribution in [0, 0.1) is 0 Å². The van der Waals surface area contributed by atoms with E-state index in [0.29, 0.717) is 31.2 Å². The lowest BCUT2D eigenvalue weighted by Crippen LogP contribution is -2.44. The minimum absolute atomic E-state index is 0.330. The van der Waals surface area contributed by atoms with Gasteiger partial charge in [0.05, 0.1) is 13.1 Å². The lowest BCUT2D eigenvalue weighted by Gasteiger charge is -2.24. The van der Waals surface area contributed by atoms with Gasteiger partial charge in [-0.05, 0) is 53.9 Å². The van der Waals surface area contributed by atoms with Crippen LogP contribution in [0.2, 0.25) is 0 Å². The molecule has 0 fully saturated rings. The number of primary amides is 1. The van der Waals surface area contributed by atoms with Crippen LogP contribution in [0.4, 0.5) is 0 Å². The molecule has 7 heteroatoms. The fourth-order valence-electron chi connectivity index (χ4n) is 2.26. The number of rotatable bonds is 7. The van der Waals surface area contributed by atoms with Gasteiger partial charge >= 0.3 is 0 Å². The Morgan fingerprint density at radius 2 is 2.16 bits per heavy atom. The second kappa shape index (κ2) is 8.64. The zero-order chi connectivity index (χ0) is 18.3. The molecule has 0 saturated heterocycles. The van der Waals surface area contributed by atoms with Crippen molar-refractivity contribution in [2.24, 2.45) is 10.7 Å². The van der Waals surface area contributed by atoms with Crippen molar-refractivity contribution in [2.45, 2.75) is 26.0 Å². The van der Waals surface area contributed by atoms with E-state index in [1.54, 1.807) is 36.5 Å². The molecule has 2 aromatic rings. The Bertz CT molecular complexity index is 726. The highest BCUT2D eigenvalue weighted by atomic mass is 32.1. The van der Waals surface area contributed by atoms with E-state index in [-0.39, 0.29) is 0 Å². The van der Waals surface area contributed by atoms with Gasteiger partial charge in [0.15, 0.2) is 5.96 Å². The molecular weight excluding hydrogens is 336 g/mol. The summed E-state index contributed by atoms with van der Waals surface area (Å²) in [6.45, 7) is 5.17. The smallest absolute Gasteiger partial charge is 0.248 e. The van der Waals surface area contributed by atoms with Gasteiger partial charge in [-0.2, -0.15) is 11.3 Å². The Labute approximate surface area is 151 Å². The summed E-state index contributed by atoms with van der Waals surface area (Å²) >= 11 is 1.55. The van der Waals surface area contributed by atoms with Crippen LogP contribution in [0.3, 0.4) is 0 Å². The SMILES string of the molecule is CCNC(=NCc1cccc(C(N)=O)c1)NCC(C)(O)c1ccsc1. The number of nitrogens with one attached hydrogen (secondary N) is 2. The number of hydrogen-bond donors (Lipinski definition) is 4. The maximum Gasteiger partial charge on any atom is 0.248 e. The minimum Gasteiger partial charge on any atom is -0.384 e. The van der Waals surface area contributed by atoms with Crippen molar-refractivity contribution in [3.63, 3.8) is 0 Å². The number of thiophene rings is 1. The molecule has 6 nitrogen and oxygen atoms in total. The molecule has 1 aromatic heterocycles. The monoisotopic (exact) mass is 360 g/mol. The average Bonchev–Trinajstić information content (AvgIpc) is 3.13. The van der Waals surface area contributed by atoms with Crippen LogP contribution in [0.5, 0.6) is 0 Å². The Balaban J connectivity index is 2.03. The van der Waals surface area contributed by atoms with Gasteiger partial charge in [-0.3, -0.25) is 4.79 Å². The van der Waals surface area contributed by atoms with Crippen molar-refractivity contribution in [3.05, 3.63) is 57.8 Å². The third kappa shape index (κ3) is 5.58. The van der Waals surface area contributed by atoms with Gasteiger partial charge in [0, 0.05) is 12.1 Å². The number of aliphatic imine (C=N–C) groups is 1. The Kier molecular flexibility index (Phi) is 6.55. The van der Waals surface area contributed by atoms with Crippen molar-refractivity contribution >= 4 is 23.2 Å². The van der Waals surface area contributed by atoms with E-state index >= 15 is 0 Å². The van der Waals surface area contributed by atoms with Crippen molar-refractivity contribution in [2.75, 3.05) is 13.1 Å². The van der Waals surface area contributed by atoms with Crippen molar-refractivity contribution in [1.82, 2.24) is 10.6 Å². The summed E-state index contributed by atoms with van der Waals surface area (Å²) < 4.78 is 0. The third-order valence-corrected chi connectivity index (χ3v) is 4.40. The first-order valence-corrected chi connectivity index (χ1v) is 9.02. The largest absolute Gasteiger partial charge is 0.384 e. The molecular formula is C18H24N4O2S. The van der Waals surface area contributed by atoms with E-state index in [0.717, 1.165) is 11.1 Å². The van der Waals surface area contributed by atoms with E-state index < -0.39 is 11.5 Å². The maximum atomic E-state index is 11.3. The van der Waals surface area contributed by atoms with Gasteiger partial charge in [0.25, 0.3) is 0 Å². The average molecular weight is 360 g/mol. The Morgan fingerprint density at radius 3 is 2.80 bits per heavy atom. The molecule has 1 amide bonds. The summed E-state index contributed by atoms with van der Waals surface area (Å²) in [6.07, 6.45) is 0. The van der Waals surface area contributed by atoms with Crippen LogP contribution < -0.4 is 16.4 Å². The molecule has 0 radical (unpaired) electrons. The molecule has 25 heavy (non-hydrogen) atoms. The molecule has 1 unspecified atom stereocenters. The molecule has 0 aliphatic rings. The van der Waals surface area contributed by atoms with Gasteiger partial charge in [-0.1, -0.05) is 12.1 Å². The summed E-state index contributed by atoms with van der Waals surface area (Å²) in [7, 11) is 0. The van der Waals surface area contributed by atoms with E-state index in [2.05, 4.69) is 15.6 Å². The van der Waals surface area contributed by atoms with E-state index in [1.165, 1.54) is 0 Å². The fraction of sp³-hybridized carbons (Fsp3) is 0.333. The fourth-order valence-corrected chi connectivity index (χ4v) is 3.05. The molecule has 0 aliphatic heterocycles. The number of carbonyl (C=O) groups excluding carboxylic acids is 1. The van der Waals surface area contributed by atoms with E-state index in [9.17, 15) is 9.90 Å². The Morgan fingerprint density at radius 1 is 1.36 bits per heavy atom. The number of carbonyl (C=O) groups is 1. The highest BCUT2D eigenvalue weighted by Gasteiger charge is 2.23. The lowest BCUT2D eigenvalue weighted by molar-refractivity contribution is 0.0621. The Hall–Kier alpha value is -2.38. The van der Waals surface area contributed by atoms with Crippen LogP contribution >= 0.6 is 11.3 Å². The summed E-state index contributed by atoms with van der Waals surface area (Å²) in [6, 6.07) is 8.99. The van der Waals surface area contributed by atoms with Gasteiger partial charge in [0.2, 0.25) is 5.91 Å². The zero-order valence-electron chi connectivity index (χ0n) is 14.5. The van der Waals surface area contributed by atoms with Crippen molar-refractivity contribution < 1.29 is 9.90 Å². The number of hydrogen-bond acceptors (Lipinski definition) is 4. The van der Waals surface area contributed by atoms with Crippen LogP contribution in [0.15, 0.2) is 46.1 Å². The first-order valence-electron chi connectivity index (χ1n) is 8.08. The number of aliphatic hydroxyl groups is 1. The van der Waals surface area contributed by atoms with Crippen LogP contribution in [-0.2, 0) is 12.1 Å². The normalized spacial score (nSPS) is 14.0. The maximum absolute atomic E-state index is 11.3. The van der Waals surface area contributed by atoms with Gasteiger partial charge < -0.3 is 21.5 Å². The van der Waals surface area contributed by atoms with Crippen LogP contribution in [-0.4, -0.2) is 30.1 Å². The highest BCUT2D eigenvalue weighted by molar-refractivity contribution is 7.08. The molecule has 1 aromatic carbocycles. The van der Waals surface area contributed by atoms with Gasteiger partial charge in [-0.15, -0.1) is 0 Å². The van der Waals surface area contributed by atoms with Crippen LogP contribution in [0.1, 0.15) is 35.3 Å². The molecule has 0 saturated carbocycles. The number of benzene rings is 1.